The molecule has 0 aromatic heterocycles. The summed E-state index contributed by atoms with van der Waals surface area (Å²) in [5, 5.41) is 0. The number of hydrogen-bond donors (Lipinski definition) is 0. The Bertz CT molecular complexity index is 293. The molecule has 0 aromatic carbocycles. The van der Waals surface area contributed by atoms with E-state index in [0.29, 0.717) is 0 Å². The molecule has 0 bridgehead atoms. The maximum Gasteiger partial charge on any atom is -0.0412 e. The second-order valence-electron chi connectivity index (χ2n) is 11.6. The van der Waals surface area contributed by atoms with Crippen molar-refractivity contribution in [1.82, 2.24) is 0 Å². The zero-order valence-corrected chi connectivity index (χ0v) is 21.7. The summed E-state index contributed by atoms with van der Waals surface area (Å²) in [6.07, 6.45) is 44.1. The first kappa shape index (κ1) is 27.2. The van der Waals surface area contributed by atoms with Gasteiger partial charge in [-0.25, -0.2) is 0 Å². The fraction of sp³-hybridized carbons (Fsp3) is 1.00. The first-order chi connectivity index (χ1) is 15.4. The van der Waals surface area contributed by atoms with Gasteiger partial charge in [-0.1, -0.05) is 180 Å². The molecule has 0 spiro atoms. The summed E-state index contributed by atoms with van der Waals surface area (Å²) < 4.78 is 0. The Labute approximate surface area is 198 Å². The van der Waals surface area contributed by atoms with Crippen molar-refractivity contribution >= 4 is 0 Å². The fourth-order valence-corrected chi connectivity index (χ4v) is 6.50. The predicted molar refractivity (Wildman–Crippen MR) is 141 cm³/mol. The lowest BCUT2D eigenvalue weighted by Gasteiger charge is -2.24. The molecule has 2 rings (SSSR count). The van der Waals surface area contributed by atoms with Crippen molar-refractivity contribution in [2.24, 2.45) is 11.8 Å². The van der Waals surface area contributed by atoms with Crippen LogP contribution in [-0.4, -0.2) is 0 Å². The smallest absolute Gasteiger partial charge is 0.0412 e. The van der Waals surface area contributed by atoms with Crippen molar-refractivity contribution in [3.63, 3.8) is 0 Å². The molecule has 2 fully saturated rings. The highest BCUT2D eigenvalue weighted by atomic mass is 14.2. The highest BCUT2D eigenvalue weighted by molar-refractivity contribution is 4.69. The molecular formula is C31H60. The van der Waals surface area contributed by atoms with Crippen LogP contribution in [0.25, 0.3) is 0 Å². The zero-order chi connectivity index (χ0) is 21.7. The van der Waals surface area contributed by atoms with E-state index in [0.717, 1.165) is 11.8 Å². The molecule has 184 valence electrons. The maximum absolute atomic E-state index is 1.58. The fourth-order valence-electron chi connectivity index (χ4n) is 6.50. The van der Waals surface area contributed by atoms with Gasteiger partial charge in [-0.15, -0.1) is 0 Å². The molecule has 2 aliphatic rings. The van der Waals surface area contributed by atoms with E-state index in [1.165, 1.54) is 154 Å². The summed E-state index contributed by atoms with van der Waals surface area (Å²) in [4.78, 5) is 0. The van der Waals surface area contributed by atoms with E-state index < -0.39 is 0 Å². The van der Waals surface area contributed by atoms with Gasteiger partial charge in [0.05, 0.1) is 0 Å². The Kier molecular flexibility index (Phi) is 18.1. The van der Waals surface area contributed by atoms with Crippen molar-refractivity contribution in [1.29, 1.82) is 0 Å². The largest absolute Gasteiger partial charge is 0.0533 e. The van der Waals surface area contributed by atoms with Crippen molar-refractivity contribution in [3.8, 4) is 0 Å². The van der Waals surface area contributed by atoms with Gasteiger partial charge in [-0.3, -0.25) is 0 Å². The Morgan fingerprint density at radius 1 is 0.226 bits per heavy atom. The topological polar surface area (TPSA) is 0 Å². The molecular weight excluding hydrogens is 372 g/mol. The highest BCUT2D eigenvalue weighted by Crippen LogP contribution is 2.31. The second-order valence-corrected chi connectivity index (χ2v) is 11.6. The van der Waals surface area contributed by atoms with Crippen LogP contribution in [0.2, 0.25) is 0 Å². The average Bonchev–Trinajstić information content (AvgIpc) is 2.79. The summed E-state index contributed by atoms with van der Waals surface area (Å²) >= 11 is 0. The summed E-state index contributed by atoms with van der Waals surface area (Å²) in [6.45, 7) is 0. The van der Waals surface area contributed by atoms with Crippen LogP contribution in [0.4, 0.5) is 0 Å². The molecule has 0 amide bonds. The Morgan fingerprint density at radius 3 is 0.581 bits per heavy atom. The van der Waals surface area contributed by atoms with Crippen LogP contribution in [0.5, 0.6) is 0 Å². The summed E-state index contributed by atoms with van der Waals surface area (Å²) in [5.41, 5.74) is 0. The van der Waals surface area contributed by atoms with E-state index in [4.69, 9.17) is 0 Å². The lowest BCUT2D eigenvalue weighted by Crippen LogP contribution is -2.11. The molecule has 31 heavy (non-hydrogen) atoms. The molecule has 0 nitrogen and oxygen atoms in total. The zero-order valence-electron chi connectivity index (χ0n) is 21.7. The highest BCUT2D eigenvalue weighted by Gasteiger charge is 2.17. The summed E-state index contributed by atoms with van der Waals surface area (Å²) in [5.74, 6) is 2.11. The van der Waals surface area contributed by atoms with E-state index in [-0.39, 0.29) is 0 Å². The minimum absolute atomic E-state index is 1.05. The lowest BCUT2D eigenvalue weighted by molar-refractivity contribution is 0.282. The molecule has 0 aromatic rings. The lowest BCUT2D eigenvalue weighted by atomic mass is 9.82. The third-order valence-electron chi connectivity index (χ3n) is 8.62. The van der Waals surface area contributed by atoms with Crippen LogP contribution in [0.3, 0.4) is 0 Å². The van der Waals surface area contributed by atoms with Crippen LogP contribution in [0, 0.1) is 11.8 Å². The normalized spacial score (nSPS) is 25.5. The van der Waals surface area contributed by atoms with E-state index in [1.54, 1.807) is 32.1 Å². The van der Waals surface area contributed by atoms with Gasteiger partial charge in [-0.2, -0.15) is 0 Å². The quantitative estimate of drug-likeness (QED) is 0.407. The van der Waals surface area contributed by atoms with Gasteiger partial charge in [0.15, 0.2) is 0 Å². The van der Waals surface area contributed by atoms with Crippen LogP contribution in [0.15, 0.2) is 0 Å². The predicted octanol–water partition coefficient (Wildman–Crippen LogP) is 11.6. The molecule has 0 radical (unpaired) electrons. The van der Waals surface area contributed by atoms with Gasteiger partial charge in [-0.05, 0) is 18.3 Å². The monoisotopic (exact) mass is 432 g/mol. The van der Waals surface area contributed by atoms with Gasteiger partial charge in [0.25, 0.3) is 0 Å². The molecule has 0 heteroatoms. The molecule has 0 unspecified atom stereocenters. The van der Waals surface area contributed by atoms with E-state index >= 15 is 0 Å². The molecule has 2 saturated carbocycles. The minimum atomic E-state index is 1.05. The van der Waals surface area contributed by atoms with Crippen molar-refractivity contribution in [3.05, 3.63) is 0 Å². The molecule has 2 aliphatic carbocycles. The Morgan fingerprint density at radius 2 is 0.387 bits per heavy atom. The standard InChI is InChI=1S/C31H60/c1-2-6-10-14-18-22-26-30(25-21-17-13-9-5-1)29-31-27-23-19-15-11-7-3-4-8-12-16-20-24-28-31/h30-31H,1-29H2. The minimum Gasteiger partial charge on any atom is -0.0533 e. The van der Waals surface area contributed by atoms with Crippen LogP contribution in [-0.2, 0) is 0 Å². The van der Waals surface area contributed by atoms with E-state index in [1.807, 2.05) is 0 Å². The van der Waals surface area contributed by atoms with Gasteiger partial charge in [0, 0.05) is 0 Å². The second kappa shape index (κ2) is 20.6. The van der Waals surface area contributed by atoms with Gasteiger partial charge in [0.1, 0.15) is 0 Å². The van der Waals surface area contributed by atoms with Crippen molar-refractivity contribution in [2.75, 3.05) is 0 Å². The third kappa shape index (κ3) is 16.3. The summed E-state index contributed by atoms with van der Waals surface area (Å²) in [6, 6.07) is 0. The SMILES string of the molecule is C1CCCCCCCC(CC2CCCCCCCCCCCCCC2)CCCCCC1. The Balaban J connectivity index is 1.78. The average molecular weight is 433 g/mol. The van der Waals surface area contributed by atoms with E-state index in [2.05, 4.69) is 0 Å². The van der Waals surface area contributed by atoms with Gasteiger partial charge in [0.2, 0.25) is 0 Å². The number of rotatable bonds is 2. The molecule has 0 saturated heterocycles. The summed E-state index contributed by atoms with van der Waals surface area (Å²) in [7, 11) is 0. The van der Waals surface area contributed by atoms with Crippen molar-refractivity contribution in [2.45, 2.75) is 186 Å². The third-order valence-corrected chi connectivity index (χ3v) is 8.62. The van der Waals surface area contributed by atoms with Crippen LogP contribution < -0.4 is 0 Å². The van der Waals surface area contributed by atoms with E-state index in [9.17, 15) is 0 Å². The first-order valence-corrected chi connectivity index (χ1v) is 15.4. The molecule has 0 aliphatic heterocycles. The van der Waals surface area contributed by atoms with Gasteiger partial charge < -0.3 is 0 Å². The maximum atomic E-state index is 1.58. The van der Waals surface area contributed by atoms with Crippen LogP contribution >= 0.6 is 0 Å². The molecule has 0 atom stereocenters. The molecule has 0 N–H and O–H groups in total. The number of hydrogen-bond acceptors (Lipinski definition) is 0. The Hall–Kier alpha value is 0. The van der Waals surface area contributed by atoms with Crippen LogP contribution in [0.1, 0.15) is 186 Å². The van der Waals surface area contributed by atoms with Gasteiger partial charge >= 0.3 is 0 Å². The molecule has 0 heterocycles. The van der Waals surface area contributed by atoms with Crippen molar-refractivity contribution < 1.29 is 0 Å². The first-order valence-electron chi connectivity index (χ1n) is 15.4.